The van der Waals surface area contributed by atoms with Crippen LogP contribution in [0.15, 0.2) is 0 Å². The first-order valence-corrected chi connectivity index (χ1v) is 3.63. The van der Waals surface area contributed by atoms with Crippen molar-refractivity contribution in [2.75, 3.05) is 13.2 Å². The number of ether oxygens (including phenoxy) is 1. The molecular weight excluding hydrogens is 126 g/mol. The van der Waals surface area contributed by atoms with Crippen LogP contribution in [0.25, 0.3) is 4.85 Å². The molecule has 56 valence electrons. The van der Waals surface area contributed by atoms with Gasteiger partial charge < -0.3 is 9.58 Å². The first-order valence-electron chi connectivity index (χ1n) is 3.63. The van der Waals surface area contributed by atoms with Crippen molar-refractivity contribution in [1.29, 1.82) is 0 Å². The predicted octanol–water partition coefficient (Wildman–Crippen LogP) is 1.72. The summed E-state index contributed by atoms with van der Waals surface area (Å²) in [4.78, 5) is 3.57. The summed E-state index contributed by atoms with van der Waals surface area (Å²) in [5.41, 5.74) is -0.212. The van der Waals surface area contributed by atoms with Crippen LogP contribution < -0.4 is 0 Å². The average Bonchev–Trinajstić information content (AvgIpc) is 2.38. The van der Waals surface area contributed by atoms with Gasteiger partial charge in [-0.1, -0.05) is 0 Å². The van der Waals surface area contributed by atoms with Crippen LogP contribution in [0.2, 0.25) is 0 Å². The van der Waals surface area contributed by atoms with Crippen LogP contribution in [-0.4, -0.2) is 18.8 Å². The molecule has 0 aromatic carbocycles. The summed E-state index contributed by atoms with van der Waals surface area (Å²) in [7, 11) is 0. The third-order valence-corrected chi connectivity index (χ3v) is 2.22. The smallest absolute Gasteiger partial charge is 0.232 e. The summed E-state index contributed by atoms with van der Waals surface area (Å²) in [5.74, 6) is 0.449. The minimum atomic E-state index is -0.212. The molecule has 1 saturated heterocycles. The highest BCUT2D eigenvalue weighted by Crippen LogP contribution is 2.28. The van der Waals surface area contributed by atoms with Crippen molar-refractivity contribution in [3.8, 4) is 0 Å². The Bertz CT molecular complexity index is 151. The maximum atomic E-state index is 6.94. The number of rotatable bonds is 1. The molecule has 10 heavy (non-hydrogen) atoms. The van der Waals surface area contributed by atoms with Gasteiger partial charge in [0.05, 0.1) is 12.5 Å². The molecule has 0 aliphatic carbocycles. The molecule has 2 nitrogen and oxygen atoms in total. The second kappa shape index (κ2) is 2.59. The lowest BCUT2D eigenvalue weighted by Gasteiger charge is -2.16. The molecule has 1 atom stereocenters. The van der Waals surface area contributed by atoms with E-state index in [0.29, 0.717) is 5.92 Å². The molecule has 0 amide bonds. The Kier molecular flexibility index (Phi) is 1.96. The molecule has 0 aromatic rings. The fourth-order valence-corrected chi connectivity index (χ4v) is 1.18. The maximum Gasteiger partial charge on any atom is 0.232 e. The molecule has 1 aliphatic heterocycles. The second-order valence-electron chi connectivity index (χ2n) is 3.33. The van der Waals surface area contributed by atoms with Gasteiger partial charge in [0, 0.05) is 20.5 Å². The fraction of sp³-hybridized carbons (Fsp3) is 0.875. The van der Waals surface area contributed by atoms with E-state index in [1.54, 1.807) is 0 Å². The van der Waals surface area contributed by atoms with Crippen LogP contribution in [0.3, 0.4) is 0 Å². The second-order valence-corrected chi connectivity index (χ2v) is 3.33. The monoisotopic (exact) mass is 139 g/mol. The van der Waals surface area contributed by atoms with Gasteiger partial charge in [0.15, 0.2) is 0 Å². The van der Waals surface area contributed by atoms with E-state index in [1.807, 2.05) is 13.8 Å². The Labute approximate surface area is 62.0 Å². The van der Waals surface area contributed by atoms with E-state index in [4.69, 9.17) is 11.3 Å². The lowest BCUT2D eigenvalue weighted by molar-refractivity contribution is 0.176. The van der Waals surface area contributed by atoms with Gasteiger partial charge in [-0.2, -0.15) is 0 Å². The van der Waals surface area contributed by atoms with E-state index in [2.05, 4.69) is 4.85 Å². The van der Waals surface area contributed by atoms with Crippen molar-refractivity contribution < 1.29 is 4.74 Å². The van der Waals surface area contributed by atoms with Crippen molar-refractivity contribution >= 4 is 0 Å². The molecule has 1 fully saturated rings. The summed E-state index contributed by atoms with van der Waals surface area (Å²) in [6, 6.07) is 0. The molecule has 0 N–H and O–H groups in total. The van der Waals surface area contributed by atoms with Crippen molar-refractivity contribution in [3.05, 3.63) is 11.4 Å². The zero-order chi connectivity index (χ0) is 7.61. The van der Waals surface area contributed by atoms with Crippen LogP contribution in [0.1, 0.15) is 20.3 Å². The lowest BCUT2D eigenvalue weighted by atomic mass is 9.88. The van der Waals surface area contributed by atoms with E-state index in [0.717, 1.165) is 19.6 Å². The first-order chi connectivity index (χ1) is 4.67. The minimum absolute atomic E-state index is 0.212. The molecule has 0 aromatic heterocycles. The first kappa shape index (κ1) is 7.56. The highest BCUT2D eigenvalue weighted by atomic mass is 16.5. The third kappa shape index (κ3) is 1.30. The number of hydrogen-bond acceptors (Lipinski definition) is 1. The van der Waals surface area contributed by atoms with E-state index < -0.39 is 0 Å². The Morgan fingerprint density at radius 2 is 2.30 bits per heavy atom. The summed E-state index contributed by atoms with van der Waals surface area (Å²) in [5, 5.41) is 0. The molecule has 1 rings (SSSR count). The van der Waals surface area contributed by atoms with Gasteiger partial charge in [-0.25, -0.2) is 6.57 Å². The Balaban J connectivity index is 2.56. The standard InChI is InChI=1S/C8H13NO/c1-8(2,9-3)7-4-5-10-6-7/h7H,4-6H2,1-2H3. The van der Waals surface area contributed by atoms with Crippen LogP contribution in [-0.2, 0) is 4.74 Å². The Hall–Kier alpha value is -0.550. The molecule has 1 heterocycles. The molecular formula is C8H13NO. The predicted molar refractivity (Wildman–Crippen MR) is 39.6 cm³/mol. The van der Waals surface area contributed by atoms with Gasteiger partial charge in [-0.3, -0.25) is 0 Å². The molecule has 0 radical (unpaired) electrons. The van der Waals surface area contributed by atoms with Crippen LogP contribution in [0.4, 0.5) is 0 Å². The van der Waals surface area contributed by atoms with Gasteiger partial charge in [-0.15, -0.1) is 0 Å². The van der Waals surface area contributed by atoms with E-state index in [1.165, 1.54) is 0 Å². The van der Waals surface area contributed by atoms with Gasteiger partial charge in [-0.05, 0) is 6.42 Å². The molecule has 0 spiro atoms. The number of hydrogen-bond donors (Lipinski definition) is 0. The maximum absolute atomic E-state index is 6.94. The van der Waals surface area contributed by atoms with Gasteiger partial charge in [0.1, 0.15) is 0 Å². The topological polar surface area (TPSA) is 13.6 Å². The highest BCUT2D eigenvalue weighted by Gasteiger charge is 2.37. The van der Waals surface area contributed by atoms with Crippen molar-refractivity contribution in [3.63, 3.8) is 0 Å². The minimum Gasteiger partial charge on any atom is -0.381 e. The summed E-state index contributed by atoms with van der Waals surface area (Å²) >= 11 is 0. The zero-order valence-corrected chi connectivity index (χ0v) is 6.55. The van der Waals surface area contributed by atoms with E-state index >= 15 is 0 Å². The van der Waals surface area contributed by atoms with Gasteiger partial charge in [0.2, 0.25) is 5.54 Å². The van der Waals surface area contributed by atoms with E-state index in [-0.39, 0.29) is 5.54 Å². The summed E-state index contributed by atoms with van der Waals surface area (Å²) in [6.45, 7) is 12.5. The van der Waals surface area contributed by atoms with Crippen molar-refractivity contribution in [2.45, 2.75) is 25.8 Å². The molecule has 1 unspecified atom stereocenters. The lowest BCUT2D eigenvalue weighted by Crippen LogP contribution is -2.27. The summed E-state index contributed by atoms with van der Waals surface area (Å²) in [6.07, 6.45) is 1.05. The fourth-order valence-electron chi connectivity index (χ4n) is 1.18. The normalized spacial score (nSPS) is 26.3. The van der Waals surface area contributed by atoms with Crippen molar-refractivity contribution in [2.24, 2.45) is 5.92 Å². The quantitative estimate of drug-likeness (QED) is 0.504. The largest absolute Gasteiger partial charge is 0.381 e. The van der Waals surface area contributed by atoms with Crippen molar-refractivity contribution in [1.82, 2.24) is 0 Å². The highest BCUT2D eigenvalue weighted by molar-refractivity contribution is 4.97. The van der Waals surface area contributed by atoms with Crippen LogP contribution in [0, 0.1) is 12.5 Å². The molecule has 0 saturated carbocycles. The zero-order valence-electron chi connectivity index (χ0n) is 6.55. The molecule has 1 aliphatic rings. The Morgan fingerprint density at radius 1 is 1.60 bits per heavy atom. The van der Waals surface area contributed by atoms with Crippen LogP contribution in [0.5, 0.6) is 0 Å². The average molecular weight is 139 g/mol. The van der Waals surface area contributed by atoms with Gasteiger partial charge >= 0.3 is 0 Å². The molecule has 2 heteroatoms. The molecule has 0 bridgehead atoms. The Morgan fingerprint density at radius 3 is 2.70 bits per heavy atom. The third-order valence-electron chi connectivity index (χ3n) is 2.22. The van der Waals surface area contributed by atoms with Crippen LogP contribution >= 0.6 is 0 Å². The number of nitrogens with zero attached hydrogens (tertiary/aromatic N) is 1. The van der Waals surface area contributed by atoms with E-state index in [9.17, 15) is 0 Å². The SMILES string of the molecule is [C-]#[N+]C(C)(C)C1CCOC1. The van der Waals surface area contributed by atoms with Gasteiger partial charge in [0.25, 0.3) is 0 Å². The summed E-state index contributed by atoms with van der Waals surface area (Å²) < 4.78 is 5.20.